The first kappa shape index (κ1) is 11.5. The minimum atomic E-state index is 0.719. The second-order valence-electron chi connectivity index (χ2n) is 4.44. The Morgan fingerprint density at radius 3 is 2.47 bits per heavy atom. The van der Waals surface area contributed by atoms with Gasteiger partial charge in [0.15, 0.2) is 5.82 Å². The van der Waals surface area contributed by atoms with Crippen molar-refractivity contribution < 1.29 is 0 Å². The lowest BCUT2D eigenvalue weighted by molar-refractivity contribution is 1.12. The van der Waals surface area contributed by atoms with Gasteiger partial charge in [-0.25, -0.2) is 9.97 Å². The van der Waals surface area contributed by atoms with Crippen LogP contribution in [0.15, 0.2) is 48.8 Å². The van der Waals surface area contributed by atoms with Gasteiger partial charge in [-0.1, -0.05) is 0 Å². The standard InChI is InChI=1S/C15H14N4/c1-10-8-14(12-6-7-17-9-12)19-15(18-10)11-2-4-13(16)5-3-11/h2-9,17H,16H2,1H3. The number of aryl methyl sites for hydroxylation is 1. The summed E-state index contributed by atoms with van der Waals surface area (Å²) in [7, 11) is 0. The third-order valence-corrected chi connectivity index (χ3v) is 2.92. The molecule has 0 fully saturated rings. The number of hydrogen-bond acceptors (Lipinski definition) is 3. The highest BCUT2D eigenvalue weighted by molar-refractivity contribution is 5.64. The van der Waals surface area contributed by atoms with Gasteiger partial charge in [-0.15, -0.1) is 0 Å². The number of nitrogens with zero attached hydrogens (tertiary/aromatic N) is 2. The molecule has 0 saturated heterocycles. The maximum atomic E-state index is 5.70. The Morgan fingerprint density at radius 2 is 1.79 bits per heavy atom. The zero-order valence-corrected chi connectivity index (χ0v) is 10.6. The quantitative estimate of drug-likeness (QED) is 0.687. The molecule has 0 spiro atoms. The fourth-order valence-corrected chi connectivity index (χ4v) is 1.96. The van der Waals surface area contributed by atoms with Crippen molar-refractivity contribution in [3.05, 3.63) is 54.5 Å². The minimum absolute atomic E-state index is 0.719. The Morgan fingerprint density at radius 1 is 1.00 bits per heavy atom. The molecule has 94 valence electrons. The Hall–Kier alpha value is -2.62. The fraction of sp³-hybridized carbons (Fsp3) is 0.0667. The van der Waals surface area contributed by atoms with Crippen LogP contribution in [0.2, 0.25) is 0 Å². The van der Waals surface area contributed by atoms with E-state index in [0.29, 0.717) is 0 Å². The Kier molecular flexibility index (Phi) is 2.76. The van der Waals surface area contributed by atoms with Crippen molar-refractivity contribution in [1.82, 2.24) is 15.0 Å². The molecule has 0 atom stereocenters. The van der Waals surface area contributed by atoms with E-state index in [1.807, 2.05) is 55.7 Å². The summed E-state index contributed by atoms with van der Waals surface area (Å²) in [6.07, 6.45) is 3.81. The lowest BCUT2D eigenvalue weighted by Crippen LogP contribution is -1.95. The van der Waals surface area contributed by atoms with Crippen molar-refractivity contribution in [1.29, 1.82) is 0 Å². The van der Waals surface area contributed by atoms with Gasteiger partial charge in [0.05, 0.1) is 5.69 Å². The smallest absolute Gasteiger partial charge is 0.160 e. The largest absolute Gasteiger partial charge is 0.399 e. The zero-order valence-electron chi connectivity index (χ0n) is 10.6. The lowest BCUT2D eigenvalue weighted by atomic mass is 10.1. The third-order valence-electron chi connectivity index (χ3n) is 2.92. The second-order valence-corrected chi connectivity index (χ2v) is 4.44. The minimum Gasteiger partial charge on any atom is -0.399 e. The SMILES string of the molecule is Cc1cc(-c2cc[nH]c2)nc(-c2ccc(N)cc2)n1. The molecule has 0 aliphatic heterocycles. The average Bonchev–Trinajstić information content (AvgIpc) is 2.93. The van der Waals surface area contributed by atoms with Crippen molar-refractivity contribution in [2.24, 2.45) is 0 Å². The first-order valence-corrected chi connectivity index (χ1v) is 6.07. The number of benzene rings is 1. The number of aromatic amines is 1. The van der Waals surface area contributed by atoms with Crippen molar-refractivity contribution in [3.63, 3.8) is 0 Å². The summed E-state index contributed by atoms with van der Waals surface area (Å²) < 4.78 is 0. The molecule has 0 bridgehead atoms. The van der Waals surface area contributed by atoms with Crippen LogP contribution in [0, 0.1) is 6.92 Å². The number of anilines is 1. The van der Waals surface area contributed by atoms with E-state index in [4.69, 9.17) is 5.73 Å². The van der Waals surface area contributed by atoms with Gasteiger partial charge in [0.1, 0.15) is 0 Å². The zero-order chi connectivity index (χ0) is 13.2. The van der Waals surface area contributed by atoms with E-state index in [1.54, 1.807) is 0 Å². The Bertz CT molecular complexity index is 685. The van der Waals surface area contributed by atoms with Gasteiger partial charge in [-0.05, 0) is 43.3 Å². The van der Waals surface area contributed by atoms with Gasteiger partial charge < -0.3 is 10.7 Å². The topological polar surface area (TPSA) is 67.6 Å². The molecule has 4 nitrogen and oxygen atoms in total. The number of rotatable bonds is 2. The molecule has 0 radical (unpaired) electrons. The molecule has 0 aliphatic carbocycles. The number of nitrogen functional groups attached to an aromatic ring is 1. The molecule has 4 heteroatoms. The predicted octanol–water partition coefficient (Wildman–Crippen LogP) is 3.03. The van der Waals surface area contributed by atoms with Gasteiger partial charge in [-0.3, -0.25) is 0 Å². The van der Waals surface area contributed by atoms with Crippen LogP contribution in [-0.2, 0) is 0 Å². The summed E-state index contributed by atoms with van der Waals surface area (Å²) >= 11 is 0. The van der Waals surface area contributed by atoms with Gasteiger partial charge in [0.25, 0.3) is 0 Å². The number of nitrogens with one attached hydrogen (secondary N) is 1. The molecule has 0 saturated carbocycles. The second kappa shape index (κ2) is 4.57. The van der Waals surface area contributed by atoms with Crippen LogP contribution in [0.1, 0.15) is 5.69 Å². The van der Waals surface area contributed by atoms with E-state index < -0.39 is 0 Å². The number of hydrogen-bond donors (Lipinski definition) is 2. The van der Waals surface area contributed by atoms with Crippen molar-refractivity contribution in [2.75, 3.05) is 5.73 Å². The first-order chi connectivity index (χ1) is 9.22. The number of H-pyrrole nitrogens is 1. The van der Waals surface area contributed by atoms with Crippen molar-refractivity contribution in [2.45, 2.75) is 6.92 Å². The molecular weight excluding hydrogens is 236 g/mol. The van der Waals surface area contributed by atoms with Crippen LogP contribution in [0.5, 0.6) is 0 Å². The summed E-state index contributed by atoms with van der Waals surface area (Å²) in [6.45, 7) is 1.97. The van der Waals surface area contributed by atoms with E-state index in [-0.39, 0.29) is 0 Å². The lowest BCUT2D eigenvalue weighted by Gasteiger charge is -2.05. The first-order valence-electron chi connectivity index (χ1n) is 6.07. The summed E-state index contributed by atoms with van der Waals surface area (Å²) in [4.78, 5) is 12.1. The Labute approximate surface area is 111 Å². The molecular formula is C15H14N4. The molecule has 0 unspecified atom stereocenters. The van der Waals surface area contributed by atoms with Gasteiger partial charge in [0.2, 0.25) is 0 Å². The van der Waals surface area contributed by atoms with E-state index in [9.17, 15) is 0 Å². The monoisotopic (exact) mass is 250 g/mol. The normalized spacial score (nSPS) is 10.6. The molecule has 2 aromatic heterocycles. The maximum Gasteiger partial charge on any atom is 0.160 e. The molecule has 3 aromatic rings. The molecule has 0 aliphatic rings. The van der Waals surface area contributed by atoms with E-state index in [0.717, 1.165) is 34.0 Å². The Balaban J connectivity index is 2.10. The average molecular weight is 250 g/mol. The van der Waals surface area contributed by atoms with Gasteiger partial charge >= 0.3 is 0 Å². The van der Waals surface area contributed by atoms with Crippen LogP contribution in [-0.4, -0.2) is 15.0 Å². The van der Waals surface area contributed by atoms with Crippen molar-refractivity contribution >= 4 is 5.69 Å². The third kappa shape index (κ3) is 2.33. The highest BCUT2D eigenvalue weighted by Crippen LogP contribution is 2.22. The summed E-state index contributed by atoms with van der Waals surface area (Å²) in [5.41, 5.74) is 10.3. The number of nitrogens with two attached hydrogens (primary N) is 1. The number of aromatic nitrogens is 3. The summed E-state index contributed by atoms with van der Waals surface area (Å²) in [5, 5.41) is 0. The predicted molar refractivity (Wildman–Crippen MR) is 76.4 cm³/mol. The van der Waals surface area contributed by atoms with E-state index in [1.165, 1.54) is 0 Å². The van der Waals surface area contributed by atoms with Crippen LogP contribution >= 0.6 is 0 Å². The van der Waals surface area contributed by atoms with Crippen LogP contribution in [0.3, 0.4) is 0 Å². The molecule has 1 aromatic carbocycles. The van der Waals surface area contributed by atoms with Crippen LogP contribution < -0.4 is 5.73 Å². The van der Waals surface area contributed by atoms with E-state index in [2.05, 4.69) is 15.0 Å². The van der Waals surface area contributed by atoms with E-state index >= 15 is 0 Å². The highest BCUT2D eigenvalue weighted by atomic mass is 14.9. The summed E-state index contributed by atoms with van der Waals surface area (Å²) in [5.74, 6) is 0.719. The van der Waals surface area contributed by atoms with Crippen LogP contribution in [0.25, 0.3) is 22.6 Å². The molecule has 3 rings (SSSR count). The fourth-order valence-electron chi connectivity index (χ4n) is 1.96. The van der Waals surface area contributed by atoms with Crippen LogP contribution in [0.4, 0.5) is 5.69 Å². The van der Waals surface area contributed by atoms with Crippen molar-refractivity contribution in [3.8, 4) is 22.6 Å². The molecule has 3 N–H and O–H groups in total. The van der Waals surface area contributed by atoms with Gasteiger partial charge in [-0.2, -0.15) is 0 Å². The molecule has 0 amide bonds. The summed E-state index contributed by atoms with van der Waals surface area (Å²) in [6, 6.07) is 11.6. The highest BCUT2D eigenvalue weighted by Gasteiger charge is 2.07. The molecule has 2 heterocycles. The maximum absolute atomic E-state index is 5.70. The van der Waals surface area contributed by atoms with Gasteiger partial charge in [0, 0.05) is 34.9 Å². The molecule has 19 heavy (non-hydrogen) atoms.